The largest absolute Gasteiger partial charge is 0.397 e. The number of nitrogens with zero attached hydrogens (tertiary/aromatic N) is 1. The Labute approximate surface area is 118 Å². The zero-order valence-electron chi connectivity index (χ0n) is 11.0. The highest BCUT2D eigenvalue weighted by molar-refractivity contribution is 6.32. The predicted octanol–water partition coefficient (Wildman–Crippen LogP) is 3.16. The molecular formula is C14H20ClN3O. The Morgan fingerprint density at radius 2 is 1.89 bits per heavy atom. The topological polar surface area (TPSA) is 68.0 Å². The molecule has 1 amide bonds. The molecule has 0 spiro atoms. The third-order valence-corrected chi connectivity index (χ3v) is 3.85. The summed E-state index contributed by atoms with van der Waals surface area (Å²) >= 11 is 5.94. The first-order valence-corrected chi connectivity index (χ1v) is 7.26. The number of nitrogens with one attached hydrogen (secondary N) is 1. The van der Waals surface area contributed by atoms with E-state index >= 15 is 0 Å². The van der Waals surface area contributed by atoms with Gasteiger partial charge < -0.3 is 11.1 Å². The van der Waals surface area contributed by atoms with Crippen LogP contribution in [0.3, 0.4) is 0 Å². The molecule has 5 heteroatoms. The molecule has 1 aromatic heterocycles. The van der Waals surface area contributed by atoms with Crippen LogP contribution >= 0.6 is 11.6 Å². The Hall–Kier alpha value is -1.29. The molecule has 0 aliphatic heterocycles. The summed E-state index contributed by atoms with van der Waals surface area (Å²) in [5.74, 6) is -0.171. The molecule has 0 bridgehead atoms. The van der Waals surface area contributed by atoms with Crippen LogP contribution in [0.15, 0.2) is 12.3 Å². The van der Waals surface area contributed by atoms with Gasteiger partial charge in [-0.3, -0.25) is 4.79 Å². The standard InChI is InChI=1S/C14H20ClN3O/c15-13-12(8-10(16)9-17-13)14(19)18-11-6-4-2-1-3-5-7-11/h8-9,11H,1-7,16H2,(H,18,19). The van der Waals surface area contributed by atoms with Crippen LogP contribution in [0.2, 0.25) is 5.15 Å². The Morgan fingerprint density at radius 1 is 1.26 bits per heavy atom. The summed E-state index contributed by atoms with van der Waals surface area (Å²) in [5, 5.41) is 3.26. The van der Waals surface area contributed by atoms with E-state index in [1.165, 1.54) is 38.3 Å². The zero-order chi connectivity index (χ0) is 13.7. The van der Waals surface area contributed by atoms with Crippen LogP contribution in [0.4, 0.5) is 5.69 Å². The minimum atomic E-state index is -0.171. The summed E-state index contributed by atoms with van der Waals surface area (Å²) in [6.07, 6.45) is 9.71. The van der Waals surface area contributed by atoms with E-state index in [4.69, 9.17) is 17.3 Å². The van der Waals surface area contributed by atoms with E-state index in [2.05, 4.69) is 10.3 Å². The molecule has 1 aliphatic carbocycles. The predicted molar refractivity (Wildman–Crippen MR) is 77.2 cm³/mol. The molecule has 104 valence electrons. The summed E-state index contributed by atoms with van der Waals surface area (Å²) in [6.45, 7) is 0. The summed E-state index contributed by atoms with van der Waals surface area (Å²) in [5.41, 5.74) is 6.46. The number of hydrogen-bond donors (Lipinski definition) is 2. The van der Waals surface area contributed by atoms with Gasteiger partial charge >= 0.3 is 0 Å². The molecule has 4 nitrogen and oxygen atoms in total. The first-order chi connectivity index (χ1) is 9.16. The zero-order valence-corrected chi connectivity index (χ0v) is 11.7. The molecule has 1 aliphatic rings. The molecule has 1 saturated carbocycles. The number of amides is 1. The van der Waals surface area contributed by atoms with Crippen molar-refractivity contribution in [1.82, 2.24) is 10.3 Å². The van der Waals surface area contributed by atoms with E-state index in [1.807, 2.05) is 0 Å². The molecule has 1 fully saturated rings. The summed E-state index contributed by atoms with van der Waals surface area (Å²) in [7, 11) is 0. The molecule has 0 aromatic carbocycles. The normalized spacial score (nSPS) is 17.5. The van der Waals surface area contributed by atoms with Gasteiger partial charge in [0.05, 0.1) is 17.4 Å². The molecule has 0 saturated heterocycles. The second kappa shape index (κ2) is 6.75. The van der Waals surface area contributed by atoms with Crippen molar-refractivity contribution in [2.75, 3.05) is 5.73 Å². The Bertz CT molecular complexity index is 442. The number of nitrogens with two attached hydrogens (primary N) is 1. The number of aromatic nitrogens is 1. The molecule has 1 aromatic rings. The average Bonchev–Trinajstić information content (AvgIpc) is 2.35. The second-order valence-corrected chi connectivity index (χ2v) is 5.48. The van der Waals surface area contributed by atoms with Crippen molar-refractivity contribution >= 4 is 23.2 Å². The number of hydrogen-bond acceptors (Lipinski definition) is 3. The SMILES string of the molecule is Nc1cnc(Cl)c(C(=O)NC2CCCCCCC2)c1. The van der Waals surface area contributed by atoms with Gasteiger partial charge in [-0.1, -0.05) is 43.7 Å². The van der Waals surface area contributed by atoms with E-state index in [1.54, 1.807) is 6.07 Å². The van der Waals surface area contributed by atoms with E-state index in [0.717, 1.165) is 12.8 Å². The maximum atomic E-state index is 12.2. The lowest BCUT2D eigenvalue weighted by atomic mass is 9.96. The smallest absolute Gasteiger partial charge is 0.254 e. The number of pyridine rings is 1. The van der Waals surface area contributed by atoms with Gasteiger partial charge in [0.15, 0.2) is 0 Å². The summed E-state index contributed by atoms with van der Waals surface area (Å²) < 4.78 is 0. The minimum absolute atomic E-state index is 0.171. The number of anilines is 1. The number of carbonyl (C=O) groups excluding carboxylic acids is 1. The fourth-order valence-electron chi connectivity index (χ4n) is 2.49. The number of nitrogen functional groups attached to an aromatic ring is 1. The van der Waals surface area contributed by atoms with Crippen molar-refractivity contribution in [3.05, 3.63) is 23.0 Å². The van der Waals surface area contributed by atoms with Gasteiger partial charge in [-0.2, -0.15) is 0 Å². The highest BCUT2D eigenvalue weighted by atomic mass is 35.5. The minimum Gasteiger partial charge on any atom is -0.397 e. The van der Waals surface area contributed by atoms with Gasteiger partial charge in [-0.25, -0.2) is 4.98 Å². The Morgan fingerprint density at radius 3 is 2.58 bits per heavy atom. The Balaban J connectivity index is 2.00. The molecule has 19 heavy (non-hydrogen) atoms. The van der Waals surface area contributed by atoms with Gasteiger partial charge in [-0.05, 0) is 18.9 Å². The molecular weight excluding hydrogens is 262 g/mol. The van der Waals surface area contributed by atoms with Crippen molar-refractivity contribution in [2.24, 2.45) is 0 Å². The van der Waals surface area contributed by atoms with Gasteiger partial charge in [0, 0.05) is 6.04 Å². The second-order valence-electron chi connectivity index (χ2n) is 5.12. The summed E-state index contributed by atoms with van der Waals surface area (Å²) in [4.78, 5) is 16.1. The molecule has 3 N–H and O–H groups in total. The highest BCUT2D eigenvalue weighted by Crippen LogP contribution is 2.19. The third kappa shape index (κ3) is 4.10. The lowest BCUT2D eigenvalue weighted by Crippen LogP contribution is -2.35. The van der Waals surface area contributed by atoms with Crippen molar-refractivity contribution in [1.29, 1.82) is 0 Å². The number of halogens is 1. The summed E-state index contributed by atoms with van der Waals surface area (Å²) in [6, 6.07) is 1.82. The molecule has 1 heterocycles. The van der Waals surface area contributed by atoms with Crippen molar-refractivity contribution in [2.45, 2.75) is 51.0 Å². The molecule has 0 unspecified atom stereocenters. The molecule has 0 atom stereocenters. The van der Waals surface area contributed by atoms with Crippen LogP contribution in [0, 0.1) is 0 Å². The van der Waals surface area contributed by atoms with Gasteiger partial charge in [-0.15, -0.1) is 0 Å². The van der Waals surface area contributed by atoms with Crippen LogP contribution < -0.4 is 11.1 Å². The van der Waals surface area contributed by atoms with E-state index in [9.17, 15) is 4.79 Å². The van der Waals surface area contributed by atoms with Crippen LogP contribution in [0.25, 0.3) is 0 Å². The van der Waals surface area contributed by atoms with Crippen LogP contribution in [0.5, 0.6) is 0 Å². The lowest BCUT2D eigenvalue weighted by Gasteiger charge is -2.21. The maximum absolute atomic E-state index is 12.2. The van der Waals surface area contributed by atoms with Crippen LogP contribution in [-0.2, 0) is 0 Å². The van der Waals surface area contributed by atoms with E-state index < -0.39 is 0 Å². The van der Waals surface area contributed by atoms with E-state index in [-0.39, 0.29) is 17.1 Å². The molecule has 0 radical (unpaired) electrons. The maximum Gasteiger partial charge on any atom is 0.254 e. The van der Waals surface area contributed by atoms with Crippen molar-refractivity contribution in [3.8, 4) is 0 Å². The fourth-order valence-corrected chi connectivity index (χ4v) is 2.68. The van der Waals surface area contributed by atoms with Crippen LogP contribution in [-0.4, -0.2) is 16.9 Å². The van der Waals surface area contributed by atoms with Crippen molar-refractivity contribution < 1.29 is 4.79 Å². The monoisotopic (exact) mass is 281 g/mol. The first-order valence-electron chi connectivity index (χ1n) is 6.88. The van der Waals surface area contributed by atoms with E-state index in [0.29, 0.717) is 11.3 Å². The van der Waals surface area contributed by atoms with Gasteiger partial charge in [0.25, 0.3) is 5.91 Å². The quantitative estimate of drug-likeness (QED) is 0.818. The number of rotatable bonds is 2. The number of carbonyl (C=O) groups is 1. The fraction of sp³-hybridized carbons (Fsp3) is 0.571. The van der Waals surface area contributed by atoms with Gasteiger partial charge in [0.2, 0.25) is 0 Å². The highest BCUT2D eigenvalue weighted by Gasteiger charge is 2.17. The molecule has 2 rings (SSSR count). The van der Waals surface area contributed by atoms with Crippen molar-refractivity contribution in [3.63, 3.8) is 0 Å². The third-order valence-electron chi connectivity index (χ3n) is 3.55. The lowest BCUT2D eigenvalue weighted by molar-refractivity contribution is 0.0930. The Kier molecular flexibility index (Phi) is 5.02. The average molecular weight is 282 g/mol. The van der Waals surface area contributed by atoms with Gasteiger partial charge in [0.1, 0.15) is 5.15 Å². The first kappa shape index (κ1) is 14.1. The van der Waals surface area contributed by atoms with Crippen LogP contribution in [0.1, 0.15) is 55.3 Å².